The van der Waals surface area contributed by atoms with Crippen molar-refractivity contribution >= 4 is 8.56 Å². The van der Waals surface area contributed by atoms with Gasteiger partial charge in [-0.1, -0.05) is 19.3 Å². The van der Waals surface area contributed by atoms with Gasteiger partial charge >= 0.3 is 8.56 Å². The average molecular weight is 242 g/mol. The van der Waals surface area contributed by atoms with Gasteiger partial charge in [-0.15, -0.1) is 0 Å². The zero-order chi connectivity index (χ0) is 11.6. The first kappa shape index (κ1) is 12.6. The summed E-state index contributed by atoms with van der Waals surface area (Å²) in [7, 11) is 1.81. The smallest absolute Gasteiger partial charge is 0.334 e. The standard InChI is InChI=1S/C13H26O2Si/c1-14-16(3,15-2)8-4-5-12-9-11-6-7-13(12)10-11/h11-13H,4-10H2,1-3H3. The summed E-state index contributed by atoms with van der Waals surface area (Å²) in [6.45, 7) is 2.17. The van der Waals surface area contributed by atoms with Gasteiger partial charge in [0.25, 0.3) is 0 Å². The van der Waals surface area contributed by atoms with Crippen molar-refractivity contribution in [2.75, 3.05) is 14.2 Å². The molecule has 3 atom stereocenters. The fourth-order valence-electron chi connectivity index (χ4n) is 3.70. The maximum absolute atomic E-state index is 5.53. The molecule has 0 amide bonds. The van der Waals surface area contributed by atoms with Crippen molar-refractivity contribution < 1.29 is 8.85 Å². The molecule has 0 aliphatic heterocycles. The fraction of sp³-hybridized carbons (Fsp3) is 1.00. The summed E-state index contributed by atoms with van der Waals surface area (Å²) in [6.07, 6.45) is 8.80. The summed E-state index contributed by atoms with van der Waals surface area (Å²) in [5.41, 5.74) is 0. The Bertz CT molecular complexity index is 228. The van der Waals surface area contributed by atoms with Gasteiger partial charge in [-0.05, 0) is 49.6 Å². The lowest BCUT2D eigenvalue weighted by molar-refractivity contribution is 0.244. The predicted octanol–water partition coefficient (Wildman–Crippen LogP) is 3.57. The van der Waals surface area contributed by atoms with Crippen molar-refractivity contribution in [3.8, 4) is 0 Å². The van der Waals surface area contributed by atoms with Gasteiger partial charge in [0.05, 0.1) is 0 Å². The molecule has 0 aromatic heterocycles. The molecule has 3 unspecified atom stereocenters. The molecule has 16 heavy (non-hydrogen) atoms. The van der Waals surface area contributed by atoms with E-state index in [2.05, 4.69) is 6.55 Å². The van der Waals surface area contributed by atoms with Crippen LogP contribution < -0.4 is 0 Å². The van der Waals surface area contributed by atoms with Crippen LogP contribution in [0.25, 0.3) is 0 Å². The summed E-state index contributed by atoms with van der Waals surface area (Å²) in [6, 6.07) is 1.16. The van der Waals surface area contributed by atoms with Crippen LogP contribution in [0.5, 0.6) is 0 Å². The highest BCUT2D eigenvalue weighted by molar-refractivity contribution is 6.65. The number of hydrogen-bond acceptors (Lipinski definition) is 2. The Balaban J connectivity index is 1.68. The van der Waals surface area contributed by atoms with Crippen LogP contribution in [-0.2, 0) is 8.85 Å². The van der Waals surface area contributed by atoms with Crippen LogP contribution in [0.15, 0.2) is 0 Å². The summed E-state index contributed by atoms with van der Waals surface area (Å²) in [5.74, 6) is 3.19. The van der Waals surface area contributed by atoms with Gasteiger partial charge in [0, 0.05) is 14.2 Å². The van der Waals surface area contributed by atoms with Gasteiger partial charge in [0.15, 0.2) is 0 Å². The Morgan fingerprint density at radius 3 is 2.38 bits per heavy atom. The lowest BCUT2D eigenvalue weighted by Gasteiger charge is -2.25. The maximum atomic E-state index is 5.53. The molecule has 0 N–H and O–H groups in total. The second-order valence-electron chi connectivity index (χ2n) is 5.87. The minimum absolute atomic E-state index is 1.03. The van der Waals surface area contributed by atoms with Gasteiger partial charge in [-0.2, -0.15) is 0 Å². The van der Waals surface area contributed by atoms with E-state index >= 15 is 0 Å². The molecule has 0 radical (unpaired) electrons. The lowest BCUT2D eigenvalue weighted by atomic mass is 9.86. The maximum Gasteiger partial charge on any atom is 0.334 e. The van der Waals surface area contributed by atoms with Gasteiger partial charge in [0.1, 0.15) is 0 Å². The van der Waals surface area contributed by atoms with E-state index in [1.807, 2.05) is 0 Å². The normalized spacial score (nSPS) is 33.6. The quantitative estimate of drug-likeness (QED) is 0.663. The first-order chi connectivity index (χ1) is 7.67. The van der Waals surface area contributed by atoms with E-state index in [1.54, 1.807) is 14.2 Å². The largest absolute Gasteiger partial charge is 0.398 e. The Morgan fingerprint density at radius 1 is 1.12 bits per heavy atom. The second kappa shape index (κ2) is 5.19. The van der Waals surface area contributed by atoms with Crippen LogP contribution in [0.4, 0.5) is 0 Å². The number of hydrogen-bond donors (Lipinski definition) is 0. The van der Waals surface area contributed by atoms with Crippen LogP contribution in [0.1, 0.15) is 38.5 Å². The molecule has 0 spiro atoms. The number of rotatable bonds is 6. The van der Waals surface area contributed by atoms with Crippen LogP contribution >= 0.6 is 0 Å². The minimum atomic E-state index is -1.79. The SMILES string of the molecule is CO[Si](C)(CCCC1CC2CCC1C2)OC. The molecular formula is C13H26O2Si. The van der Waals surface area contributed by atoms with E-state index in [0.717, 1.165) is 23.8 Å². The highest BCUT2D eigenvalue weighted by atomic mass is 28.4. The van der Waals surface area contributed by atoms with Crippen LogP contribution in [0.3, 0.4) is 0 Å². The van der Waals surface area contributed by atoms with Crippen molar-refractivity contribution in [2.45, 2.75) is 51.1 Å². The van der Waals surface area contributed by atoms with Crippen LogP contribution in [0.2, 0.25) is 12.6 Å². The van der Waals surface area contributed by atoms with E-state index in [9.17, 15) is 0 Å². The molecule has 2 aliphatic carbocycles. The Kier molecular flexibility index (Phi) is 4.09. The third kappa shape index (κ3) is 2.69. The highest BCUT2D eigenvalue weighted by Gasteiger charge is 2.39. The van der Waals surface area contributed by atoms with Gasteiger partial charge in [0.2, 0.25) is 0 Å². The monoisotopic (exact) mass is 242 g/mol. The average Bonchev–Trinajstić information content (AvgIpc) is 2.91. The highest BCUT2D eigenvalue weighted by Crippen LogP contribution is 2.50. The molecule has 0 heterocycles. The van der Waals surface area contributed by atoms with Crippen molar-refractivity contribution in [1.29, 1.82) is 0 Å². The van der Waals surface area contributed by atoms with Crippen LogP contribution in [-0.4, -0.2) is 22.8 Å². The van der Waals surface area contributed by atoms with Gasteiger partial charge in [-0.3, -0.25) is 0 Å². The summed E-state index contributed by atoms with van der Waals surface area (Å²) >= 11 is 0. The minimum Gasteiger partial charge on any atom is -0.398 e. The van der Waals surface area contributed by atoms with Crippen molar-refractivity contribution in [3.63, 3.8) is 0 Å². The van der Waals surface area contributed by atoms with Crippen molar-refractivity contribution in [3.05, 3.63) is 0 Å². The molecule has 0 saturated heterocycles. The first-order valence-corrected chi connectivity index (χ1v) is 9.29. The van der Waals surface area contributed by atoms with E-state index < -0.39 is 8.56 Å². The molecule has 2 rings (SSSR count). The molecule has 0 aromatic rings. The lowest BCUT2D eigenvalue weighted by Crippen LogP contribution is -2.35. The van der Waals surface area contributed by atoms with E-state index in [-0.39, 0.29) is 0 Å². The van der Waals surface area contributed by atoms with Crippen LogP contribution in [0, 0.1) is 17.8 Å². The van der Waals surface area contributed by atoms with Crippen molar-refractivity contribution in [1.82, 2.24) is 0 Å². The Hall–Kier alpha value is 0.137. The molecule has 3 heteroatoms. The molecular weight excluding hydrogens is 216 g/mol. The Morgan fingerprint density at radius 2 is 1.88 bits per heavy atom. The molecule has 2 aliphatic rings. The summed E-state index contributed by atoms with van der Waals surface area (Å²) in [5, 5.41) is 0. The molecule has 2 bridgehead atoms. The molecule has 2 nitrogen and oxygen atoms in total. The summed E-state index contributed by atoms with van der Waals surface area (Å²) in [4.78, 5) is 0. The third-order valence-corrected chi connectivity index (χ3v) is 7.94. The fourth-order valence-corrected chi connectivity index (χ4v) is 5.12. The van der Waals surface area contributed by atoms with Gasteiger partial charge in [-0.25, -0.2) is 0 Å². The molecule has 94 valence electrons. The Labute approximate surface area is 101 Å². The molecule has 0 aromatic carbocycles. The zero-order valence-corrected chi connectivity index (χ0v) is 12.0. The molecule has 2 fully saturated rings. The third-order valence-electron chi connectivity index (χ3n) is 4.95. The first-order valence-electron chi connectivity index (χ1n) is 6.77. The van der Waals surface area contributed by atoms with E-state index in [0.29, 0.717) is 0 Å². The molecule has 2 saturated carbocycles. The second-order valence-corrected chi connectivity index (χ2v) is 9.45. The van der Waals surface area contributed by atoms with Gasteiger partial charge < -0.3 is 8.85 Å². The number of fused-ring (bicyclic) bond motifs is 2. The van der Waals surface area contributed by atoms with E-state index in [4.69, 9.17) is 8.85 Å². The zero-order valence-electron chi connectivity index (χ0n) is 11.0. The summed E-state index contributed by atoms with van der Waals surface area (Å²) < 4.78 is 11.1. The predicted molar refractivity (Wildman–Crippen MR) is 68.6 cm³/mol. The van der Waals surface area contributed by atoms with E-state index in [1.165, 1.54) is 38.5 Å². The van der Waals surface area contributed by atoms with Crippen molar-refractivity contribution in [2.24, 2.45) is 17.8 Å². The topological polar surface area (TPSA) is 18.5 Å².